The molecule has 0 spiro atoms. The molecule has 2 aromatic carbocycles. The lowest BCUT2D eigenvalue weighted by molar-refractivity contribution is 0.205. The largest absolute Gasteiger partial charge is 0.489 e. The summed E-state index contributed by atoms with van der Waals surface area (Å²) in [7, 11) is 1.48. The highest BCUT2D eigenvalue weighted by Crippen LogP contribution is 2.27. The zero-order valence-electron chi connectivity index (χ0n) is 16.2. The number of anilines is 1. The van der Waals surface area contributed by atoms with E-state index in [1.165, 1.54) is 12.6 Å². The van der Waals surface area contributed by atoms with E-state index in [1.807, 2.05) is 25.1 Å². The molecule has 0 aliphatic carbocycles. The topological polar surface area (TPSA) is 61.8 Å². The Kier molecular flexibility index (Phi) is 6.64. The molecule has 0 radical (unpaired) electrons. The van der Waals surface area contributed by atoms with Gasteiger partial charge in [0, 0.05) is 12.6 Å². The molecular weight excluding hydrogens is 328 g/mol. The van der Waals surface area contributed by atoms with Gasteiger partial charge in [0.2, 0.25) is 0 Å². The van der Waals surface area contributed by atoms with Crippen LogP contribution in [0.2, 0.25) is 0 Å². The number of hydrogen-bond acceptors (Lipinski definition) is 3. The number of urea groups is 1. The Morgan fingerprint density at radius 3 is 2.54 bits per heavy atom. The van der Waals surface area contributed by atoms with Crippen molar-refractivity contribution >= 4 is 11.7 Å². The van der Waals surface area contributed by atoms with Crippen molar-refractivity contribution < 1.29 is 14.7 Å². The fourth-order valence-electron chi connectivity index (χ4n) is 2.75. The Morgan fingerprint density at radius 2 is 1.96 bits per heavy atom. The van der Waals surface area contributed by atoms with Crippen molar-refractivity contribution in [1.29, 1.82) is 0 Å². The molecule has 5 nitrogen and oxygen atoms in total. The Labute approximate surface area is 155 Å². The molecular formula is C21H28N2O3. The normalized spacial score (nSPS) is 10.7. The smallest absolute Gasteiger partial charge is 0.345 e. The third kappa shape index (κ3) is 4.55. The minimum Gasteiger partial charge on any atom is -0.489 e. The highest BCUT2D eigenvalue weighted by Gasteiger charge is 2.17. The molecule has 0 aliphatic rings. The van der Waals surface area contributed by atoms with Crippen LogP contribution in [0.25, 0.3) is 0 Å². The van der Waals surface area contributed by atoms with Crippen LogP contribution in [0, 0.1) is 6.92 Å². The molecule has 0 bridgehead atoms. The number of carbonyl (C=O) groups is 1. The monoisotopic (exact) mass is 356 g/mol. The fourth-order valence-corrected chi connectivity index (χ4v) is 2.75. The summed E-state index contributed by atoms with van der Waals surface area (Å²) in [6.07, 6.45) is 0.979. The van der Waals surface area contributed by atoms with Crippen LogP contribution in [-0.4, -0.2) is 18.3 Å². The number of hydrogen-bond donors (Lipinski definition) is 2. The Morgan fingerprint density at radius 1 is 1.23 bits per heavy atom. The second kappa shape index (κ2) is 8.72. The third-order valence-corrected chi connectivity index (χ3v) is 4.44. The minimum atomic E-state index is -0.591. The number of carbonyl (C=O) groups excluding carboxylic acids is 1. The SMILES string of the molecule is CCc1ccc(OCc2cc(C(C)C)ccc2N(O)C(=O)NC)c(C)c1. The second-order valence-corrected chi connectivity index (χ2v) is 6.65. The zero-order chi connectivity index (χ0) is 19.3. The van der Waals surface area contributed by atoms with Crippen molar-refractivity contribution in [3.63, 3.8) is 0 Å². The van der Waals surface area contributed by atoms with E-state index in [1.54, 1.807) is 6.07 Å². The molecule has 0 fully saturated rings. The number of hydroxylamine groups is 1. The lowest BCUT2D eigenvalue weighted by Gasteiger charge is -2.20. The summed E-state index contributed by atoms with van der Waals surface area (Å²) in [6.45, 7) is 8.60. The van der Waals surface area contributed by atoms with E-state index < -0.39 is 6.03 Å². The molecule has 0 aliphatic heterocycles. The third-order valence-electron chi connectivity index (χ3n) is 4.44. The zero-order valence-corrected chi connectivity index (χ0v) is 16.2. The standard InChI is InChI=1S/C21H28N2O3/c1-6-16-7-10-20(15(4)11-16)26-13-18-12-17(14(2)3)8-9-19(18)23(25)21(24)22-5/h7-12,14,25H,6,13H2,1-5H3,(H,22,24). The van der Waals surface area contributed by atoms with Gasteiger partial charge in [0.15, 0.2) is 0 Å². The van der Waals surface area contributed by atoms with Gasteiger partial charge < -0.3 is 10.1 Å². The Balaban J connectivity index is 2.30. The predicted octanol–water partition coefficient (Wildman–Crippen LogP) is 4.79. The molecule has 0 heterocycles. The number of ether oxygens (including phenoxy) is 1. The van der Waals surface area contributed by atoms with E-state index in [0.717, 1.165) is 28.9 Å². The maximum absolute atomic E-state index is 11.8. The van der Waals surface area contributed by atoms with Gasteiger partial charge in [0.25, 0.3) is 0 Å². The van der Waals surface area contributed by atoms with Crippen LogP contribution in [0.5, 0.6) is 5.75 Å². The lowest BCUT2D eigenvalue weighted by Crippen LogP contribution is -2.36. The van der Waals surface area contributed by atoms with Crippen molar-refractivity contribution in [3.8, 4) is 5.75 Å². The average molecular weight is 356 g/mol. The van der Waals surface area contributed by atoms with Crippen LogP contribution in [0.3, 0.4) is 0 Å². The van der Waals surface area contributed by atoms with Crippen molar-refractivity contribution in [3.05, 3.63) is 58.7 Å². The number of rotatable bonds is 6. The van der Waals surface area contributed by atoms with Gasteiger partial charge in [-0.1, -0.05) is 39.0 Å². The predicted molar refractivity (Wildman–Crippen MR) is 104 cm³/mol. The van der Waals surface area contributed by atoms with Crippen molar-refractivity contribution in [2.24, 2.45) is 0 Å². The van der Waals surface area contributed by atoms with E-state index in [9.17, 15) is 10.0 Å². The first-order chi connectivity index (χ1) is 12.4. The van der Waals surface area contributed by atoms with E-state index in [0.29, 0.717) is 16.7 Å². The molecule has 0 aromatic heterocycles. The van der Waals surface area contributed by atoms with Gasteiger partial charge in [0.05, 0.1) is 5.69 Å². The van der Waals surface area contributed by atoms with Gasteiger partial charge in [-0.3, -0.25) is 5.21 Å². The summed E-state index contributed by atoms with van der Waals surface area (Å²) >= 11 is 0. The first kappa shape index (κ1) is 19.8. The quantitative estimate of drug-likeness (QED) is 0.577. The van der Waals surface area contributed by atoms with Gasteiger partial charge in [-0.25, -0.2) is 4.79 Å². The summed E-state index contributed by atoms with van der Waals surface area (Å²) in [6, 6.07) is 11.2. The average Bonchev–Trinajstić information content (AvgIpc) is 2.65. The van der Waals surface area contributed by atoms with Gasteiger partial charge in [-0.2, -0.15) is 5.06 Å². The van der Waals surface area contributed by atoms with Gasteiger partial charge in [-0.15, -0.1) is 0 Å². The second-order valence-electron chi connectivity index (χ2n) is 6.65. The maximum atomic E-state index is 11.8. The summed E-state index contributed by atoms with van der Waals surface area (Å²) in [5.41, 5.74) is 4.62. The Bertz CT molecular complexity index is 772. The van der Waals surface area contributed by atoms with Crippen LogP contribution in [0.4, 0.5) is 10.5 Å². The van der Waals surface area contributed by atoms with E-state index in [4.69, 9.17) is 4.74 Å². The number of aryl methyl sites for hydroxylation is 2. The molecule has 2 rings (SSSR count). The highest BCUT2D eigenvalue weighted by molar-refractivity contribution is 5.90. The number of amides is 2. The number of nitrogens with zero attached hydrogens (tertiary/aromatic N) is 1. The minimum absolute atomic E-state index is 0.260. The maximum Gasteiger partial charge on any atom is 0.345 e. The molecule has 2 amide bonds. The number of nitrogens with one attached hydrogen (secondary N) is 1. The van der Waals surface area contributed by atoms with E-state index in [-0.39, 0.29) is 6.61 Å². The van der Waals surface area contributed by atoms with Gasteiger partial charge >= 0.3 is 6.03 Å². The fraction of sp³-hybridized carbons (Fsp3) is 0.381. The molecule has 140 valence electrons. The molecule has 5 heteroatoms. The van der Waals surface area contributed by atoms with Crippen molar-refractivity contribution in [2.45, 2.75) is 46.6 Å². The first-order valence-electron chi connectivity index (χ1n) is 8.93. The van der Waals surface area contributed by atoms with E-state index in [2.05, 4.69) is 38.2 Å². The molecule has 0 atom stereocenters. The van der Waals surface area contributed by atoms with Crippen LogP contribution >= 0.6 is 0 Å². The summed E-state index contributed by atoms with van der Waals surface area (Å²) in [4.78, 5) is 11.8. The van der Waals surface area contributed by atoms with Crippen LogP contribution in [0.15, 0.2) is 36.4 Å². The Hall–Kier alpha value is -2.53. The molecule has 0 saturated carbocycles. The molecule has 2 N–H and O–H groups in total. The van der Waals surface area contributed by atoms with Crippen LogP contribution < -0.4 is 15.1 Å². The van der Waals surface area contributed by atoms with Gasteiger partial charge in [0.1, 0.15) is 12.4 Å². The lowest BCUT2D eigenvalue weighted by atomic mass is 10.00. The molecule has 26 heavy (non-hydrogen) atoms. The van der Waals surface area contributed by atoms with E-state index >= 15 is 0 Å². The van der Waals surface area contributed by atoms with Crippen LogP contribution in [-0.2, 0) is 13.0 Å². The summed E-state index contributed by atoms with van der Waals surface area (Å²) in [5, 5.41) is 13.2. The van der Waals surface area contributed by atoms with Crippen molar-refractivity contribution in [1.82, 2.24) is 5.32 Å². The highest BCUT2D eigenvalue weighted by atomic mass is 16.5. The summed E-state index contributed by atoms with van der Waals surface area (Å²) < 4.78 is 5.99. The van der Waals surface area contributed by atoms with Crippen LogP contribution in [0.1, 0.15) is 48.9 Å². The molecule has 2 aromatic rings. The molecule has 0 saturated heterocycles. The van der Waals surface area contributed by atoms with Crippen molar-refractivity contribution in [2.75, 3.05) is 12.1 Å². The number of benzene rings is 2. The van der Waals surface area contributed by atoms with Gasteiger partial charge in [-0.05, 0) is 54.2 Å². The molecule has 0 unspecified atom stereocenters. The summed E-state index contributed by atoms with van der Waals surface area (Å²) in [5.74, 6) is 1.13. The first-order valence-corrected chi connectivity index (χ1v) is 8.93.